The predicted molar refractivity (Wildman–Crippen MR) is 65.8 cm³/mol. The minimum absolute atomic E-state index is 0.0842. The van der Waals surface area contributed by atoms with Crippen molar-refractivity contribution in [3.05, 3.63) is 22.7 Å². The van der Waals surface area contributed by atoms with Crippen LogP contribution in [0.3, 0.4) is 0 Å². The number of aliphatic hydroxyl groups is 1. The molecule has 0 amide bonds. The standard InChI is InChI=1S/C11H15BrN2O/c12-8-1-2-11(10(13)5-8)14-6-7-3-9(15)4-7/h1-2,5,7,9,14-15H,3-4,6,13H2. The summed E-state index contributed by atoms with van der Waals surface area (Å²) in [5.74, 6) is 0.586. The van der Waals surface area contributed by atoms with Gasteiger partial charge in [-0.1, -0.05) is 15.9 Å². The van der Waals surface area contributed by atoms with Gasteiger partial charge < -0.3 is 16.2 Å². The molecule has 1 saturated carbocycles. The van der Waals surface area contributed by atoms with Crippen LogP contribution in [0.1, 0.15) is 12.8 Å². The summed E-state index contributed by atoms with van der Waals surface area (Å²) in [5.41, 5.74) is 7.58. The van der Waals surface area contributed by atoms with Crippen molar-refractivity contribution in [3.8, 4) is 0 Å². The van der Waals surface area contributed by atoms with E-state index >= 15 is 0 Å². The summed E-state index contributed by atoms with van der Waals surface area (Å²) < 4.78 is 0.990. The fraction of sp³-hybridized carbons (Fsp3) is 0.455. The van der Waals surface area contributed by atoms with Crippen molar-refractivity contribution in [2.45, 2.75) is 18.9 Å². The van der Waals surface area contributed by atoms with Crippen molar-refractivity contribution >= 4 is 27.3 Å². The third-order valence-electron chi connectivity index (χ3n) is 2.81. The Labute approximate surface area is 97.8 Å². The van der Waals surface area contributed by atoms with Gasteiger partial charge in [-0.05, 0) is 37.0 Å². The number of nitrogens with two attached hydrogens (primary N) is 1. The zero-order valence-corrected chi connectivity index (χ0v) is 10.00. The highest BCUT2D eigenvalue weighted by molar-refractivity contribution is 9.10. The molecule has 2 rings (SSSR count). The molecule has 1 aliphatic carbocycles. The Morgan fingerprint density at radius 2 is 2.20 bits per heavy atom. The monoisotopic (exact) mass is 270 g/mol. The highest BCUT2D eigenvalue weighted by Crippen LogP contribution is 2.29. The van der Waals surface area contributed by atoms with Gasteiger partial charge in [0.05, 0.1) is 17.5 Å². The second-order valence-corrected chi connectivity index (χ2v) is 5.02. The minimum Gasteiger partial charge on any atom is -0.397 e. The maximum atomic E-state index is 9.15. The first kappa shape index (κ1) is 10.8. The molecule has 4 heteroatoms. The molecule has 1 aliphatic rings. The predicted octanol–water partition coefficient (Wildman–Crippen LogP) is 2.21. The topological polar surface area (TPSA) is 58.3 Å². The Morgan fingerprint density at radius 3 is 2.80 bits per heavy atom. The molecule has 1 aromatic carbocycles. The number of hydrogen-bond donors (Lipinski definition) is 3. The van der Waals surface area contributed by atoms with E-state index in [9.17, 15) is 0 Å². The summed E-state index contributed by atoms with van der Waals surface area (Å²) in [7, 11) is 0. The van der Waals surface area contributed by atoms with Crippen LogP contribution in [0.5, 0.6) is 0 Å². The van der Waals surface area contributed by atoms with Gasteiger partial charge in [-0.25, -0.2) is 0 Å². The molecule has 1 aromatic rings. The molecule has 0 aliphatic heterocycles. The van der Waals surface area contributed by atoms with Crippen molar-refractivity contribution in [2.75, 3.05) is 17.6 Å². The Bertz CT molecular complexity index is 350. The first-order valence-electron chi connectivity index (χ1n) is 5.12. The van der Waals surface area contributed by atoms with Gasteiger partial charge in [0.1, 0.15) is 0 Å². The Balaban J connectivity index is 1.88. The lowest BCUT2D eigenvalue weighted by Crippen LogP contribution is -2.33. The van der Waals surface area contributed by atoms with E-state index in [4.69, 9.17) is 10.8 Å². The molecule has 0 bridgehead atoms. The highest BCUT2D eigenvalue weighted by atomic mass is 79.9. The fourth-order valence-electron chi connectivity index (χ4n) is 1.82. The van der Waals surface area contributed by atoms with Gasteiger partial charge in [-0.15, -0.1) is 0 Å². The van der Waals surface area contributed by atoms with Crippen LogP contribution in [-0.2, 0) is 0 Å². The van der Waals surface area contributed by atoms with Crippen LogP contribution in [0.15, 0.2) is 22.7 Å². The van der Waals surface area contributed by atoms with Crippen LogP contribution in [0.25, 0.3) is 0 Å². The highest BCUT2D eigenvalue weighted by Gasteiger charge is 2.26. The number of rotatable bonds is 3. The van der Waals surface area contributed by atoms with E-state index in [1.807, 2.05) is 18.2 Å². The van der Waals surface area contributed by atoms with Crippen LogP contribution < -0.4 is 11.1 Å². The van der Waals surface area contributed by atoms with Gasteiger partial charge in [-0.3, -0.25) is 0 Å². The second-order valence-electron chi connectivity index (χ2n) is 4.10. The van der Waals surface area contributed by atoms with Gasteiger partial charge in [-0.2, -0.15) is 0 Å². The molecule has 1 fully saturated rings. The molecule has 15 heavy (non-hydrogen) atoms. The number of halogens is 1. The van der Waals surface area contributed by atoms with E-state index < -0.39 is 0 Å². The Kier molecular flexibility index (Phi) is 3.17. The molecule has 3 nitrogen and oxygen atoms in total. The van der Waals surface area contributed by atoms with E-state index in [0.29, 0.717) is 5.92 Å². The zero-order valence-electron chi connectivity index (χ0n) is 8.41. The normalized spacial score (nSPS) is 24.7. The molecule has 0 unspecified atom stereocenters. The van der Waals surface area contributed by atoms with Crippen molar-refractivity contribution in [1.29, 1.82) is 0 Å². The van der Waals surface area contributed by atoms with Crippen LogP contribution in [0, 0.1) is 5.92 Å². The SMILES string of the molecule is Nc1cc(Br)ccc1NCC1CC(O)C1. The first-order chi connectivity index (χ1) is 7.15. The van der Waals surface area contributed by atoms with Crippen LogP contribution in [0.2, 0.25) is 0 Å². The largest absolute Gasteiger partial charge is 0.397 e. The van der Waals surface area contributed by atoms with Gasteiger partial charge in [0.25, 0.3) is 0 Å². The van der Waals surface area contributed by atoms with Gasteiger partial charge in [0.15, 0.2) is 0 Å². The van der Waals surface area contributed by atoms with E-state index in [0.717, 1.165) is 35.2 Å². The molecular weight excluding hydrogens is 256 g/mol. The van der Waals surface area contributed by atoms with E-state index in [-0.39, 0.29) is 6.10 Å². The second kappa shape index (κ2) is 4.41. The lowest BCUT2D eigenvalue weighted by molar-refractivity contribution is 0.0487. The van der Waals surface area contributed by atoms with E-state index in [1.54, 1.807) is 0 Å². The first-order valence-corrected chi connectivity index (χ1v) is 5.91. The maximum Gasteiger partial charge on any atom is 0.0574 e. The summed E-state index contributed by atoms with van der Waals surface area (Å²) >= 11 is 3.37. The summed E-state index contributed by atoms with van der Waals surface area (Å²) in [6.07, 6.45) is 1.73. The minimum atomic E-state index is -0.0842. The number of nitrogen functional groups attached to an aromatic ring is 1. The number of aliphatic hydroxyl groups excluding tert-OH is 1. The average Bonchev–Trinajstić information content (AvgIpc) is 2.13. The zero-order chi connectivity index (χ0) is 10.8. The quantitative estimate of drug-likeness (QED) is 0.739. The average molecular weight is 271 g/mol. The Hall–Kier alpha value is -0.740. The third-order valence-corrected chi connectivity index (χ3v) is 3.30. The molecule has 0 aromatic heterocycles. The van der Waals surface area contributed by atoms with E-state index in [2.05, 4.69) is 21.2 Å². The summed E-state index contributed by atoms with van der Waals surface area (Å²) in [6.45, 7) is 0.892. The van der Waals surface area contributed by atoms with Gasteiger partial charge >= 0.3 is 0 Å². The molecular formula is C11H15BrN2O. The lowest BCUT2D eigenvalue weighted by atomic mass is 9.82. The maximum absolute atomic E-state index is 9.15. The molecule has 0 spiro atoms. The number of benzene rings is 1. The van der Waals surface area contributed by atoms with Crippen molar-refractivity contribution in [1.82, 2.24) is 0 Å². The molecule has 0 radical (unpaired) electrons. The number of nitrogens with one attached hydrogen (secondary N) is 1. The summed E-state index contributed by atoms with van der Waals surface area (Å²) in [6, 6.07) is 5.82. The van der Waals surface area contributed by atoms with Crippen LogP contribution in [0.4, 0.5) is 11.4 Å². The smallest absolute Gasteiger partial charge is 0.0574 e. The molecule has 82 valence electrons. The fourth-order valence-corrected chi connectivity index (χ4v) is 2.19. The van der Waals surface area contributed by atoms with Crippen LogP contribution in [-0.4, -0.2) is 17.8 Å². The lowest BCUT2D eigenvalue weighted by Gasteiger charge is -2.31. The molecule has 0 atom stereocenters. The van der Waals surface area contributed by atoms with Crippen molar-refractivity contribution in [3.63, 3.8) is 0 Å². The van der Waals surface area contributed by atoms with Crippen molar-refractivity contribution in [2.24, 2.45) is 5.92 Å². The van der Waals surface area contributed by atoms with E-state index in [1.165, 1.54) is 0 Å². The van der Waals surface area contributed by atoms with Gasteiger partial charge in [0.2, 0.25) is 0 Å². The molecule has 0 saturated heterocycles. The van der Waals surface area contributed by atoms with Gasteiger partial charge in [0, 0.05) is 11.0 Å². The van der Waals surface area contributed by atoms with Crippen molar-refractivity contribution < 1.29 is 5.11 Å². The number of hydrogen-bond acceptors (Lipinski definition) is 3. The summed E-state index contributed by atoms with van der Waals surface area (Å²) in [4.78, 5) is 0. The summed E-state index contributed by atoms with van der Waals surface area (Å²) in [5, 5.41) is 12.5. The third kappa shape index (κ3) is 2.63. The molecule has 4 N–H and O–H groups in total. The Morgan fingerprint density at radius 1 is 1.47 bits per heavy atom. The molecule has 0 heterocycles. The van der Waals surface area contributed by atoms with Crippen LogP contribution >= 0.6 is 15.9 Å². The number of anilines is 2.